The number of para-hydroxylation sites is 1. The molecule has 6 heteroatoms. The first-order valence-corrected chi connectivity index (χ1v) is 8.70. The highest BCUT2D eigenvalue weighted by molar-refractivity contribution is 7.20. The molecule has 0 aliphatic rings. The predicted molar refractivity (Wildman–Crippen MR) is 100 cm³/mol. The van der Waals surface area contributed by atoms with Gasteiger partial charge in [-0.2, -0.15) is 5.10 Å². The minimum Gasteiger partial charge on any atom is -0.497 e. The second kappa shape index (κ2) is 5.46. The van der Waals surface area contributed by atoms with E-state index in [9.17, 15) is 0 Å². The summed E-state index contributed by atoms with van der Waals surface area (Å²) in [6.07, 6.45) is 3.96. The second-order valence-corrected chi connectivity index (χ2v) is 6.70. The molecule has 0 aliphatic heterocycles. The Kier molecular flexibility index (Phi) is 3.11. The van der Waals surface area contributed by atoms with Gasteiger partial charge in [0.2, 0.25) is 4.96 Å². The number of H-pyrrole nitrogens is 1. The zero-order valence-electron chi connectivity index (χ0n) is 13.4. The first kappa shape index (κ1) is 14.2. The van der Waals surface area contributed by atoms with E-state index >= 15 is 0 Å². The van der Waals surface area contributed by atoms with E-state index in [1.54, 1.807) is 18.4 Å². The Hall–Kier alpha value is -3.12. The van der Waals surface area contributed by atoms with Gasteiger partial charge >= 0.3 is 0 Å². The number of hydrogen-bond donors (Lipinski definition) is 1. The molecule has 0 fully saturated rings. The summed E-state index contributed by atoms with van der Waals surface area (Å²) in [4.78, 5) is 8.89. The highest BCUT2D eigenvalue weighted by atomic mass is 32.1. The van der Waals surface area contributed by atoms with Crippen molar-refractivity contribution >= 4 is 27.2 Å². The molecule has 0 bridgehead atoms. The maximum Gasteiger partial charge on any atom is 0.213 e. The summed E-state index contributed by atoms with van der Waals surface area (Å²) in [5.74, 6) is 0.821. The Morgan fingerprint density at radius 3 is 2.92 bits per heavy atom. The summed E-state index contributed by atoms with van der Waals surface area (Å²) >= 11 is 1.58. The van der Waals surface area contributed by atoms with E-state index in [1.165, 1.54) is 5.39 Å². The fourth-order valence-electron chi connectivity index (χ4n) is 2.98. The first-order chi connectivity index (χ1) is 12.3. The third-order valence-electron chi connectivity index (χ3n) is 4.23. The van der Waals surface area contributed by atoms with Crippen LogP contribution in [-0.4, -0.2) is 26.7 Å². The van der Waals surface area contributed by atoms with Crippen molar-refractivity contribution in [1.29, 1.82) is 0 Å². The molecule has 0 aliphatic carbocycles. The summed E-state index contributed by atoms with van der Waals surface area (Å²) in [5.41, 5.74) is 4.13. The van der Waals surface area contributed by atoms with Gasteiger partial charge in [0.25, 0.3) is 0 Å². The Bertz CT molecular complexity index is 1170. The SMILES string of the molecule is COc1cccc(-c2cn3nc(-c4c[nH]c5ccccc45)sc3n2)c1. The van der Waals surface area contributed by atoms with E-state index < -0.39 is 0 Å². The molecule has 5 rings (SSSR count). The molecule has 0 saturated heterocycles. The first-order valence-electron chi connectivity index (χ1n) is 7.89. The second-order valence-electron chi connectivity index (χ2n) is 5.74. The standard InChI is InChI=1S/C19H14N4OS/c1-24-13-6-4-5-12(9-13)17-11-23-19(21-17)25-18(22-23)15-10-20-16-8-3-2-7-14(15)16/h2-11,20H,1H3. The van der Waals surface area contributed by atoms with Crippen LogP contribution in [0.25, 0.3) is 37.7 Å². The van der Waals surface area contributed by atoms with Gasteiger partial charge in [0.15, 0.2) is 0 Å². The van der Waals surface area contributed by atoms with Crippen LogP contribution in [0.15, 0.2) is 60.9 Å². The van der Waals surface area contributed by atoms with Crippen LogP contribution in [0.4, 0.5) is 0 Å². The number of nitrogens with one attached hydrogen (secondary N) is 1. The Morgan fingerprint density at radius 1 is 1.12 bits per heavy atom. The monoisotopic (exact) mass is 346 g/mol. The normalized spacial score (nSPS) is 11.4. The number of nitrogens with zero attached hydrogens (tertiary/aromatic N) is 3. The summed E-state index contributed by atoms with van der Waals surface area (Å²) < 4.78 is 7.13. The fraction of sp³-hybridized carbons (Fsp3) is 0.0526. The van der Waals surface area contributed by atoms with Crippen LogP contribution < -0.4 is 4.74 Å². The third-order valence-corrected chi connectivity index (χ3v) is 5.18. The van der Waals surface area contributed by atoms with Crippen LogP contribution in [0.2, 0.25) is 0 Å². The van der Waals surface area contributed by atoms with Crippen molar-refractivity contribution in [1.82, 2.24) is 19.6 Å². The maximum atomic E-state index is 5.29. The van der Waals surface area contributed by atoms with Gasteiger partial charge in [0, 0.05) is 28.2 Å². The predicted octanol–water partition coefficient (Wildman–Crippen LogP) is 4.61. The van der Waals surface area contributed by atoms with Crippen LogP contribution in [-0.2, 0) is 0 Å². The minimum atomic E-state index is 0.821. The van der Waals surface area contributed by atoms with E-state index in [4.69, 9.17) is 14.8 Å². The zero-order chi connectivity index (χ0) is 16.8. The molecule has 0 spiro atoms. The molecule has 122 valence electrons. The number of methoxy groups -OCH3 is 1. The van der Waals surface area contributed by atoms with E-state index in [0.29, 0.717) is 0 Å². The number of hydrogen-bond acceptors (Lipinski definition) is 4. The summed E-state index contributed by atoms with van der Waals surface area (Å²) in [6, 6.07) is 16.1. The van der Waals surface area contributed by atoms with E-state index in [0.717, 1.165) is 38.1 Å². The number of ether oxygens (including phenoxy) is 1. The lowest BCUT2D eigenvalue weighted by atomic mass is 10.1. The van der Waals surface area contributed by atoms with Crippen LogP contribution in [0.1, 0.15) is 0 Å². The van der Waals surface area contributed by atoms with Crippen LogP contribution in [0.5, 0.6) is 5.75 Å². The van der Waals surface area contributed by atoms with Gasteiger partial charge in [-0.05, 0) is 18.2 Å². The molecule has 0 amide bonds. The number of aromatic nitrogens is 4. The average Bonchev–Trinajstić information content (AvgIpc) is 3.34. The molecule has 0 radical (unpaired) electrons. The Labute approximate surface area is 147 Å². The molecular formula is C19H14N4OS. The lowest BCUT2D eigenvalue weighted by Crippen LogP contribution is -1.84. The fourth-order valence-corrected chi connectivity index (χ4v) is 3.89. The van der Waals surface area contributed by atoms with Gasteiger partial charge in [0.05, 0.1) is 19.0 Å². The van der Waals surface area contributed by atoms with Gasteiger partial charge in [-0.25, -0.2) is 9.50 Å². The third kappa shape index (κ3) is 2.30. The smallest absolute Gasteiger partial charge is 0.213 e. The number of aromatic amines is 1. The van der Waals surface area contributed by atoms with E-state index in [-0.39, 0.29) is 0 Å². The molecule has 5 nitrogen and oxygen atoms in total. The average molecular weight is 346 g/mol. The molecule has 3 aromatic heterocycles. The number of benzene rings is 2. The molecule has 2 aromatic carbocycles. The van der Waals surface area contributed by atoms with Crippen molar-refractivity contribution in [2.24, 2.45) is 0 Å². The van der Waals surface area contributed by atoms with Crippen molar-refractivity contribution < 1.29 is 4.74 Å². The molecule has 0 atom stereocenters. The molecule has 25 heavy (non-hydrogen) atoms. The quantitative estimate of drug-likeness (QED) is 0.519. The van der Waals surface area contributed by atoms with Crippen LogP contribution >= 0.6 is 11.3 Å². The van der Waals surface area contributed by atoms with Gasteiger partial charge in [0.1, 0.15) is 10.8 Å². The van der Waals surface area contributed by atoms with E-state index in [1.807, 2.05) is 53.3 Å². The van der Waals surface area contributed by atoms with Crippen molar-refractivity contribution in [3.63, 3.8) is 0 Å². The van der Waals surface area contributed by atoms with Gasteiger partial charge in [-0.3, -0.25) is 0 Å². The zero-order valence-corrected chi connectivity index (χ0v) is 14.2. The Balaban J connectivity index is 1.59. The molecule has 5 aromatic rings. The lowest BCUT2D eigenvalue weighted by Gasteiger charge is -2.01. The number of imidazole rings is 1. The summed E-state index contributed by atoms with van der Waals surface area (Å²) in [7, 11) is 1.67. The van der Waals surface area contributed by atoms with Crippen molar-refractivity contribution in [3.05, 3.63) is 60.9 Å². The highest BCUT2D eigenvalue weighted by Crippen LogP contribution is 2.33. The largest absolute Gasteiger partial charge is 0.497 e. The summed E-state index contributed by atoms with van der Waals surface area (Å²) in [5, 5.41) is 6.84. The molecule has 0 saturated carbocycles. The number of rotatable bonds is 3. The van der Waals surface area contributed by atoms with Crippen molar-refractivity contribution in [3.8, 4) is 27.6 Å². The topological polar surface area (TPSA) is 55.2 Å². The summed E-state index contributed by atoms with van der Waals surface area (Å²) in [6.45, 7) is 0. The highest BCUT2D eigenvalue weighted by Gasteiger charge is 2.14. The van der Waals surface area contributed by atoms with E-state index in [2.05, 4.69) is 17.1 Å². The van der Waals surface area contributed by atoms with Crippen LogP contribution in [0.3, 0.4) is 0 Å². The van der Waals surface area contributed by atoms with Crippen LogP contribution in [0, 0.1) is 0 Å². The van der Waals surface area contributed by atoms with Gasteiger partial charge < -0.3 is 9.72 Å². The molecule has 0 unspecified atom stereocenters. The molecule has 1 N–H and O–H groups in total. The number of fused-ring (bicyclic) bond motifs is 2. The molecular weight excluding hydrogens is 332 g/mol. The van der Waals surface area contributed by atoms with Crippen molar-refractivity contribution in [2.75, 3.05) is 7.11 Å². The van der Waals surface area contributed by atoms with Gasteiger partial charge in [-0.15, -0.1) is 0 Å². The lowest BCUT2D eigenvalue weighted by molar-refractivity contribution is 0.415. The van der Waals surface area contributed by atoms with Gasteiger partial charge in [-0.1, -0.05) is 41.7 Å². The minimum absolute atomic E-state index is 0.821. The molecule has 3 heterocycles. The Morgan fingerprint density at radius 2 is 2.04 bits per heavy atom. The maximum absolute atomic E-state index is 5.29. The van der Waals surface area contributed by atoms with Crippen molar-refractivity contribution in [2.45, 2.75) is 0 Å².